The predicted octanol–water partition coefficient (Wildman–Crippen LogP) is 2.58. The molecule has 0 aliphatic carbocycles. The molecule has 2 aromatic rings. The number of amides is 1. The maximum atomic E-state index is 12.4. The molecule has 0 saturated carbocycles. The molecule has 28 heavy (non-hydrogen) atoms. The Morgan fingerprint density at radius 3 is 2.54 bits per heavy atom. The van der Waals surface area contributed by atoms with Gasteiger partial charge in [0.05, 0.1) is 14.2 Å². The first-order chi connectivity index (χ1) is 13.6. The summed E-state index contributed by atoms with van der Waals surface area (Å²) in [6.07, 6.45) is 2.67. The molecule has 0 fully saturated rings. The molecule has 1 heterocycles. The molecule has 2 N–H and O–H groups in total. The van der Waals surface area contributed by atoms with Crippen molar-refractivity contribution in [2.75, 3.05) is 27.3 Å². The third-order valence-corrected chi connectivity index (χ3v) is 4.61. The summed E-state index contributed by atoms with van der Waals surface area (Å²) in [5.41, 5.74) is 3.39. The van der Waals surface area contributed by atoms with Crippen LogP contribution >= 0.6 is 0 Å². The highest BCUT2D eigenvalue weighted by Crippen LogP contribution is 2.34. The van der Waals surface area contributed by atoms with Crippen LogP contribution in [0.1, 0.15) is 27.9 Å². The second-order valence-corrected chi connectivity index (χ2v) is 6.44. The average Bonchev–Trinajstić information content (AvgIpc) is 2.73. The number of benzene rings is 2. The quantitative estimate of drug-likeness (QED) is 0.722. The van der Waals surface area contributed by atoms with Gasteiger partial charge in [-0.2, -0.15) is 0 Å². The van der Waals surface area contributed by atoms with Gasteiger partial charge in [-0.25, -0.2) is 0 Å². The Morgan fingerprint density at radius 2 is 1.82 bits per heavy atom. The van der Waals surface area contributed by atoms with Crippen molar-refractivity contribution < 1.29 is 19.1 Å². The molecule has 1 aliphatic rings. The molecule has 3 rings (SSSR count). The molecular weight excluding hydrogens is 356 g/mol. The SMILES string of the molecule is COc1cc2c(cc1OC)C(=CC(=O)CCNC(=O)c1ccccc1)NCC2. The van der Waals surface area contributed by atoms with Crippen LogP contribution in [0.2, 0.25) is 0 Å². The summed E-state index contributed by atoms with van der Waals surface area (Å²) in [7, 11) is 3.19. The molecule has 1 aliphatic heterocycles. The summed E-state index contributed by atoms with van der Waals surface area (Å²) in [5.74, 6) is 1.06. The van der Waals surface area contributed by atoms with Crippen molar-refractivity contribution in [1.82, 2.24) is 10.6 Å². The van der Waals surface area contributed by atoms with Gasteiger partial charge < -0.3 is 20.1 Å². The number of hydrogen-bond acceptors (Lipinski definition) is 5. The van der Waals surface area contributed by atoms with Crippen LogP contribution in [0.25, 0.3) is 5.70 Å². The maximum absolute atomic E-state index is 12.4. The van der Waals surface area contributed by atoms with Crippen molar-refractivity contribution in [3.8, 4) is 11.5 Å². The standard InChI is InChI=1S/C22H24N2O4/c1-27-20-12-16-8-10-23-19(18(16)14-21(20)28-2)13-17(25)9-11-24-22(26)15-6-4-3-5-7-15/h3-7,12-14,23H,8-11H2,1-2H3,(H,24,26). The Bertz CT molecular complexity index is 891. The van der Waals surface area contributed by atoms with Crippen LogP contribution in [0.3, 0.4) is 0 Å². The van der Waals surface area contributed by atoms with Crippen LogP contribution in [-0.4, -0.2) is 39.0 Å². The Hall–Kier alpha value is -3.28. The van der Waals surface area contributed by atoms with E-state index < -0.39 is 0 Å². The number of carbonyl (C=O) groups is 2. The Balaban J connectivity index is 1.66. The predicted molar refractivity (Wildman–Crippen MR) is 108 cm³/mol. The monoisotopic (exact) mass is 380 g/mol. The van der Waals surface area contributed by atoms with Crippen molar-refractivity contribution in [3.05, 3.63) is 65.2 Å². The van der Waals surface area contributed by atoms with Crippen molar-refractivity contribution in [2.45, 2.75) is 12.8 Å². The molecule has 146 valence electrons. The van der Waals surface area contributed by atoms with Crippen LogP contribution in [-0.2, 0) is 11.2 Å². The fraction of sp³-hybridized carbons (Fsp3) is 0.273. The van der Waals surface area contributed by atoms with Crippen molar-refractivity contribution in [3.63, 3.8) is 0 Å². The molecule has 0 aromatic heterocycles. The Kier molecular flexibility index (Phi) is 6.32. The van der Waals surface area contributed by atoms with Gasteiger partial charge in [0.25, 0.3) is 5.91 Å². The van der Waals surface area contributed by atoms with E-state index in [1.54, 1.807) is 44.6 Å². The smallest absolute Gasteiger partial charge is 0.251 e. The molecule has 6 nitrogen and oxygen atoms in total. The summed E-state index contributed by atoms with van der Waals surface area (Å²) in [5, 5.41) is 6.05. The summed E-state index contributed by atoms with van der Waals surface area (Å²) in [6, 6.07) is 12.8. The molecule has 0 saturated heterocycles. The van der Waals surface area contributed by atoms with Gasteiger partial charge in [0.1, 0.15) is 0 Å². The lowest BCUT2D eigenvalue weighted by molar-refractivity contribution is -0.114. The molecule has 0 radical (unpaired) electrons. The lowest BCUT2D eigenvalue weighted by Crippen LogP contribution is -2.26. The molecular formula is C22H24N2O4. The lowest BCUT2D eigenvalue weighted by atomic mass is 9.96. The van der Waals surface area contributed by atoms with Gasteiger partial charge in [-0.05, 0) is 36.2 Å². The first kappa shape index (κ1) is 19.5. The van der Waals surface area contributed by atoms with Crippen LogP contribution in [0.5, 0.6) is 11.5 Å². The highest BCUT2D eigenvalue weighted by molar-refractivity contribution is 5.98. The summed E-state index contributed by atoms with van der Waals surface area (Å²) < 4.78 is 10.7. The van der Waals surface area contributed by atoms with E-state index in [1.807, 2.05) is 18.2 Å². The number of allylic oxidation sites excluding steroid dienone is 1. The van der Waals surface area contributed by atoms with Gasteiger partial charge in [0.15, 0.2) is 17.3 Å². The van der Waals surface area contributed by atoms with E-state index in [9.17, 15) is 9.59 Å². The van der Waals surface area contributed by atoms with E-state index in [2.05, 4.69) is 10.6 Å². The highest BCUT2D eigenvalue weighted by Gasteiger charge is 2.18. The van der Waals surface area contributed by atoms with Crippen LogP contribution < -0.4 is 20.1 Å². The van der Waals surface area contributed by atoms with Gasteiger partial charge in [-0.1, -0.05) is 18.2 Å². The summed E-state index contributed by atoms with van der Waals surface area (Å²) in [6.45, 7) is 1.03. The van der Waals surface area contributed by atoms with Gasteiger partial charge in [-0.15, -0.1) is 0 Å². The number of methoxy groups -OCH3 is 2. The van der Waals surface area contributed by atoms with Crippen molar-refractivity contribution in [1.29, 1.82) is 0 Å². The van der Waals surface area contributed by atoms with Gasteiger partial charge >= 0.3 is 0 Å². The Labute approximate surface area is 164 Å². The second-order valence-electron chi connectivity index (χ2n) is 6.44. The molecule has 2 aromatic carbocycles. The molecule has 0 unspecified atom stereocenters. The average molecular weight is 380 g/mol. The van der Waals surface area contributed by atoms with E-state index in [0.717, 1.165) is 29.8 Å². The third-order valence-electron chi connectivity index (χ3n) is 4.61. The first-order valence-electron chi connectivity index (χ1n) is 9.19. The fourth-order valence-corrected chi connectivity index (χ4v) is 3.16. The van der Waals surface area contributed by atoms with Gasteiger partial charge in [-0.3, -0.25) is 9.59 Å². The summed E-state index contributed by atoms with van der Waals surface area (Å²) >= 11 is 0. The number of nitrogens with one attached hydrogen (secondary N) is 2. The topological polar surface area (TPSA) is 76.7 Å². The van der Waals surface area contributed by atoms with E-state index >= 15 is 0 Å². The number of rotatable bonds is 7. The normalized spacial score (nSPS) is 14.0. The number of carbonyl (C=O) groups excluding carboxylic acids is 2. The number of hydrogen-bond donors (Lipinski definition) is 2. The first-order valence-corrected chi connectivity index (χ1v) is 9.19. The van der Waals surface area contributed by atoms with E-state index in [4.69, 9.17) is 9.47 Å². The van der Waals surface area contributed by atoms with Crippen molar-refractivity contribution in [2.24, 2.45) is 0 Å². The van der Waals surface area contributed by atoms with Gasteiger partial charge in [0, 0.05) is 42.4 Å². The Morgan fingerprint density at radius 1 is 1.11 bits per heavy atom. The van der Waals surface area contributed by atoms with Crippen LogP contribution in [0.15, 0.2) is 48.5 Å². The third kappa shape index (κ3) is 4.52. The number of fused-ring (bicyclic) bond motifs is 1. The molecule has 0 spiro atoms. The highest BCUT2D eigenvalue weighted by atomic mass is 16.5. The van der Waals surface area contributed by atoms with E-state index in [-0.39, 0.29) is 24.7 Å². The zero-order valence-electron chi connectivity index (χ0n) is 16.1. The number of ether oxygens (including phenoxy) is 2. The lowest BCUT2D eigenvalue weighted by Gasteiger charge is -2.23. The minimum absolute atomic E-state index is 0.0569. The van der Waals surface area contributed by atoms with E-state index in [1.165, 1.54) is 0 Å². The molecule has 0 atom stereocenters. The summed E-state index contributed by atoms with van der Waals surface area (Å²) in [4.78, 5) is 24.4. The van der Waals surface area contributed by atoms with Crippen LogP contribution in [0, 0.1) is 0 Å². The number of ketones is 1. The van der Waals surface area contributed by atoms with E-state index in [0.29, 0.717) is 17.1 Å². The zero-order chi connectivity index (χ0) is 19.9. The molecule has 0 bridgehead atoms. The van der Waals surface area contributed by atoms with Crippen LogP contribution in [0.4, 0.5) is 0 Å². The minimum Gasteiger partial charge on any atom is -0.493 e. The van der Waals surface area contributed by atoms with Gasteiger partial charge in [0.2, 0.25) is 0 Å². The fourth-order valence-electron chi connectivity index (χ4n) is 3.16. The molecule has 6 heteroatoms. The largest absolute Gasteiger partial charge is 0.493 e. The maximum Gasteiger partial charge on any atom is 0.251 e. The second kappa shape index (κ2) is 9.08. The zero-order valence-corrected chi connectivity index (χ0v) is 16.1. The minimum atomic E-state index is -0.181. The molecule has 1 amide bonds. The van der Waals surface area contributed by atoms with Crippen molar-refractivity contribution >= 4 is 17.4 Å².